The predicted molar refractivity (Wildman–Crippen MR) is 129 cm³/mol. The minimum absolute atomic E-state index is 0.0872. The van der Waals surface area contributed by atoms with Crippen LogP contribution in [0.4, 0.5) is 5.69 Å². The third-order valence-corrected chi connectivity index (χ3v) is 8.17. The Kier molecular flexibility index (Phi) is 6.43. The van der Waals surface area contributed by atoms with Crippen molar-refractivity contribution in [3.63, 3.8) is 0 Å². The van der Waals surface area contributed by atoms with Gasteiger partial charge in [-0.1, -0.05) is 23.7 Å². The molecule has 0 radical (unpaired) electrons. The summed E-state index contributed by atoms with van der Waals surface area (Å²) in [7, 11) is 2.25. The number of nitrogens with zero attached hydrogens (tertiary/aromatic N) is 1. The molecule has 3 fully saturated rings. The van der Waals surface area contributed by atoms with Gasteiger partial charge in [0.05, 0.1) is 0 Å². The molecule has 1 amide bonds. The normalized spacial score (nSPS) is 30.1. The molecule has 1 aliphatic carbocycles. The van der Waals surface area contributed by atoms with E-state index in [-0.39, 0.29) is 11.8 Å². The highest BCUT2D eigenvalue weighted by Crippen LogP contribution is 2.37. The summed E-state index contributed by atoms with van der Waals surface area (Å²) < 4.78 is 6.27. The molecule has 5 rings (SSSR count). The smallest absolute Gasteiger partial charge is 0.227 e. The van der Waals surface area contributed by atoms with Crippen LogP contribution in [0.1, 0.15) is 62.8 Å². The molecule has 2 aliphatic heterocycles. The number of ether oxygens (including phenoxy) is 1. The van der Waals surface area contributed by atoms with Crippen LogP contribution in [0, 0.1) is 5.92 Å². The molecule has 0 aromatic heterocycles. The molecule has 3 atom stereocenters. The van der Waals surface area contributed by atoms with Gasteiger partial charge in [-0.25, -0.2) is 0 Å². The summed E-state index contributed by atoms with van der Waals surface area (Å²) in [6, 6.07) is 17.4. The molecule has 2 aromatic carbocycles. The lowest BCUT2D eigenvalue weighted by Crippen LogP contribution is -2.43. The van der Waals surface area contributed by atoms with Crippen molar-refractivity contribution in [2.45, 2.75) is 75.5 Å². The monoisotopic (exact) mass is 452 g/mol. The van der Waals surface area contributed by atoms with Gasteiger partial charge >= 0.3 is 0 Å². The summed E-state index contributed by atoms with van der Waals surface area (Å²) in [4.78, 5) is 15.3. The molecular weight excluding hydrogens is 420 g/mol. The largest absolute Gasteiger partial charge is 0.490 e. The van der Waals surface area contributed by atoms with E-state index < -0.39 is 0 Å². The van der Waals surface area contributed by atoms with Crippen molar-refractivity contribution in [3.05, 3.63) is 59.1 Å². The zero-order valence-electron chi connectivity index (χ0n) is 18.8. The zero-order valence-corrected chi connectivity index (χ0v) is 19.6. The van der Waals surface area contributed by atoms with E-state index in [2.05, 4.69) is 29.4 Å². The number of fused-ring (bicyclic) bond motifs is 2. The quantitative estimate of drug-likeness (QED) is 0.582. The van der Waals surface area contributed by atoms with Crippen molar-refractivity contribution in [3.8, 4) is 5.75 Å². The van der Waals surface area contributed by atoms with Gasteiger partial charge < -0.3 is 15.0 Å². The van der Waals surface area contributed by atoms with Gasteiger partial charge in [0.25, 0.3) is 0 Å². The van der Waals surface area contributed by atoms with Gasteiger partial charge in [0, 0.05) is 28.7 Å². The Morgan fingerprint density at radius 3 is 2.16 bits per heavy atom. The average Bonchev–Trinajstić information content (AvgIpc) is 3.01. The van der Waals surface area contributed by atoms with Crippen LogP contribution in [-0.4, -0.2) is 36.0 Å². The number of halogens is 1. The van der Waals surface area contributed by atoms with E-state index in [1.54, 1.807) is 0 Å². The Balaban J connectivity index is 1.10. The molecule has 170 valence electrons. The highest BCUT2D eigenvalue weighted by atomic mass is 35.5. The number of amides is 1. The molecule has 2 aromatic rings. The number of nitrogens with one attached hydrogen (secondary N) is 1. The molecule has 4 nitrogen and oxygen atoms in total. The first-order valence-electron chi connectivity index (χ1n) is 12.1. The maximum absolute atomic E-state index is 12.8. The van der Waals surface area contributed by atoms with E-state index in [0.717, 1.165) is 55.0 Å². The van der Waals surface area contributed by atoms with Gasteiger partial charge in [0.1, 0.15) is 11.9 Å². The Hall–Kier alpha value is -2.04. The van der Waals surface area contributed by atoms with E-state index >= 15 is 0 Å². The lowest BCUT2D eigenvalue weighted by atomic mass is 9.78. The predicted octanol–water partition coefficient (Wildman–Crippen LogP) is 6.26. The lowest BCUT2D eigenvalue weighted by Gasteiger charge is -2.36. The minimum Gasteiger partial charge on any atom is -0.490 e. The second-order valence-electron chi connectivity index (χ2n) is 9.88. The fourth-order valence-electron chi connectivity index (χ4n) is 5.94. The Morgan fingerprint density at radius 2 is 1.53 bits per heavy atom. The number of hydrogen-bond donors (Lipinski definition) is 1. The van der Waals surface area contributed by atoms with Gasteiger partial charge in [-0.05, 0) is 106 Å². The summed E-state index contributed by atoms with van der Waals surface area (Å²) >= 11 is 6.01. The van der Waals surface area contributed by atoms with Crippen LogP contribution in [0.5, 0.6) is 5.75 Å². The van der Waals surface area contributed by atoms with Crippen molar-refractivity contribution in [2.24, 2.45) is 5.92 Å². The maximum Gasteiger partial charge on any atom is 0.227 e. The summed E-state index contributed by atoms with van der Waals surface area (Å²) in [5, 5.41) is 3.89. The van der Waals surface area contributed by atoms with E-state index in [1.165, 1.54) is 18.4 Å². The highest BCUT2D eigenvalue weighted by Gasteiger charge is 2.39. The topological polar surface area (TPSA) is 41.6 Å². The second-order valence-corrected chi connectivity index (χ2v) is 10.3. The highest BCUT2D eigenvalue weighted by molar-refractivity contribution is 6.30. The first-order chi connectivity index (χ1) is 15.5. The number of piperidine rings is 1. The Labute approximate surface area is 196 Å². The van der Waals surface area contributed by atoms with E-state index in [9.17, 15) is 4.79 Å². The first kappa shape index (κ1) is 21.8. The Bertz CT molecular complexity index is 908. The molecule has 32 heavy (non-hydrogen) atoms. The molecule has 1 unspecified atom stereocenters. The summed E-state index contributed by atoms with van der Waals surface area (Å²) in [6.07, 6.45) is 9.09. The van der Waals surface area contributed by atoms with Crippen molar-refractivity contribution in [2.75, 3.05) is 12.4 Å². The molecule has 5 heteroatoms. The van der Waals surface area contributed by atoms with Crippen molar-refractivity contribution in [1.82, 2.24) is 4.90 Å². The van der Waals surface area contributed by atoms with Crippen LogP contribution < -0.4 is 10.1 Å². The van der Waals surface area contributed by atoms with Crippen molar-refractivity contribution >= 4 is 23.2 Å². The number of rotatable bonds is 5. The molecule has 1 saturated carbocycles. The molecule has 2 saturated heterocycles. The lowest BCUT2D eigenvalue weighted by molar-refractivity contribution is -0.120. The summed E-state index contributed by atoms with van der Waals surface area (Å²) in [5.74, 6) is 1.66. The molecule has 0 spiro atoms. The van der Waals surface area contributed by atoms with Crippen LogP contribution in [-0.2, 0) is 4.79 Å². The van der Waals surface area contributed by atoms with E-state index in [4.69, 9.17) is 16.3 Å². The van der Waals surface area contributed by atoms with Gasteiger partial charge in [0.2, 0.25) is 5.91 Å². The molecule has 1 N–H and O–H groups in total. The first-order valence-corrected chi connectivity index (χ1v) is 12.5. The van der Waals surface area contributed by atoms with Crippen LogP contribution in [0.3, 0.4) is 0 Å². The third kappa shape index (κ3) is 4.82. The molecule has 2 bridgehead atoms. The van der Waals surface area contributed by atoms with Crippen LogP contribution in [0.15, 0.2) is 48.5 Å². The van der Waals surface area contributed by atoms with Gasteiger partial charge in [-0.2, -0.15) is 0 Å². The number of anilines is 1. The summed E-state index contributed by atoms with van der Waals surface area (Å²) in [6.45, 7) is 0. The van der Waals surface area contributed by atoms with E-state index in [0.29, 0.717) is 24.1 Å². The van der Waals surface area contributed by atoms with Gasteiger partial charge in [-0.3, -0.25) is 4.79 Å². The second kappa shape index (κ2) is 9.44. The maximum atomic E-state index is 12.8. The van der Waals surface area contributed by atoms with Gasteiger partial charge in [-0.15, -0.1) is 0 Å². The van der Waals surface area contributed by atoms with Crippen LogP contribution in [0.25, 0.3) is 0 Å². The average molecular weight is 453 g/mol. The van der Waals surface area contributed by atoms with Crippen LogP contribution in [0.2, 0.25) is 5.02 Å². The number of benzene rings is 2. The molecule has 2 heterocycles. The molecule has 3 aliphatic rings. The van der Waals surface area contributed by atoms with Crippen molar-refractivity contribution < 1.29 is 9.53 Å². The van der Waals surface area contributed by atoms with Gasteiger partial charge in [0.15, 0.2) is 0 Å². The third-order valence-electron chi connectivity index (χ3n) is 7.92. The fraction of sp³-hybridized carbons (Fsp3) is 0.519. The fourth-order valence-corrected chi connectivity index (χ4v) is 6.06. The standard InChI is InChI=1S/C27H33ClN2O2/c1-30-23-12-13-24(30)17-26(16-23)32-25-14-10-22(11-15-25)29-27(31)20-4-2-18(3-5-20)19-6-8-21(28)9-7-19/h6-11,14-15,18,20,23-24,26H,2-5,12-13,16-17H2,1H3,(H,29,31)/t18?,20?,23-,24+,26?. The summed E-state index contributed by atoms with van der Waals surface area (Å²) in [5.41, 5.74) is 2.19. The number of carbonyl (C=O) groups is 1. The minimum atomic E-state index is 0.0872. The number of carbonyl (C=O) groups excluding carboxylic acids is 1. The van der Waals surface area contributed by atoms with Crippen LogP contribution >= 0.6 is 11.6 Å². The zero-order chi connectivity index (χ0) is 22.1. The SMILES string of the molecule is CN1[C@@H]2CC[C@H]1CC(Oc1ccc(NC(=O)C3CCC(c4ccc(Cl)cc4)CC3)cc1)C2. The van der Waals surface area contributed by atoms with Crippen molar-refractivity contribution in [1.29, 1.82) is 0 Å². The van der Waals surface area contributed by atoms with E-state index in [1.807, 2.05) is 36.4 Å². The Morgan fingerprint density at radius 1 is 0.906 bits per heavy atom. The molecular formula is C27H33ClN2O2. The number of hydrogen-bond acceptors (Lipinski definition) is 3.